The predicted molar refractivity (Wildman–Crippen MR) is 153 cm³/mol. The zero-order valence-corrected chi connectivity index (χ0v) is 23.0. The van der Waals surface area contributed by atoms with Gasteiger partial charge < -0.3 is 34.5 Å². The number of aryl methyl sites for hydroxylation is 1. The van der Waals surface area contributed by atoms with Gasteiger partial charge in [-0.15, -0.1) is 13.2 Å². The van der Waals surface area contributed by atoms with E-state index in [-0.39, 0.29) is 11.6 Å². The molecule has 0 saturated carbocycles. The third-order valence-electron chi connectivity index (χ3n) is 6.25. The maximum absolute atomic E-state index is 13.4. The zero-order valence-electron chi connectivity index (χ0n) is 23.0. The van der Waals surface area contributed by atoms with Crippen LogP contribution in [0.4, 0.5) is 36.2 Å². The molecule has 0 bridgehead atoms. The SMILES string of the molecule is C=CNc1cc(Nc2nccc(-c3cn(C)c4cc(OC)ccc34)n2)c(OC(F)(F)F)cc1N(C)CCN(C)C. The van der Waals surface area contributed by atoms with Gasteiger partial charge in [-0.25, -0.2) is 9.97 Å². The van der Waals surface area contributed by atoms with Crippen molar-refractivity contribution in [2.45, 2.75) is 6.36 Å². The highest BCUT2D eigenvalue weighted by molar-refractivity contribution is 5.96. The molecule has 0 fully saturated rings. The Labute approximate surface area is 230 Å². The van der Waals surface area contributed by atoms with Gasteiger partial charge in [0, 0.05) is 62.7 Å². The molecular weight excluding hydrogens is 523 g/mol. The van der Waals surface area contributed by atoms with Gasteiger partial charge in [-0.1, -0.05) is 6.58 Å². The smallest absolute Gasteiger partial charge is 0.497 e. The maximum atomic E-state index is 13.4. The first kappa shape index (κ1) is 28.6. The molecule has 0 radical (unpaired) electrons. The summed E-state index contributed by atoms with van der Waals surface area (Å²) >= 11 is 0. The monoisotopic (exact) mass is 555 g/mol. The maximum Gasteiger partial charge on any atom is 0.573 e. The average Bonchev–Trinajstić information content (AvgIpc) is 3.23. The number of hydrogen-bond donors (Lipinski definition) is 2. The van der Waals surface area contributed by atoms with Crippen molar-refractivity contribution in [3.8, 4) is 22.8 Å². The van der Waals surface area contributed by atoms with Crippen molar-refractivity contribution in [3.63, 3.8) is 0 Å². The fraction of sp³-hybridized carbons (Fsp3) is 0.286. The summed E-state index contributed by atoms with van der Waals surface area (Å²) in [5.74, 6) is 0.413. The summed E-state index contributed by atoms with van der Waals surface area (Å²) in [7, 11) is 9.16. The number of fused-ring (bicyclic) bond motifs is 1. The molecule has 9 nitrogen and oxygen atoms in total. The summed E-state index contributed by atoms with van der Waals surface area (Å²) in [4.78, 5) is 12.7. The Balaban J connectivity index is 1.74. The molecule has 0 aliphatic heterocycles. The van der Waals surface area contributed by atoms with E-state index < -0.39 is 12.1 Å². The fourth-order valence-electron chi connectivity index (χ4n) is 4.27. The summed E-state index contributed by atoms with van der Waals surface area (Å²) in [5.41, 5.74) is 3.45. The van der Waals surface area contributed by atoms with Crippen LogP contribution in [0, 0.1) is 0 Å². The average molecular weight is 556 g/mol. The van der Waals surface area contributed by atoms with Crippen LogP contribution in [0.25, 0.3) is 22.2 Å². The number of rotatable bonds is 11. The number of nitrogens with one attached hydrogen (secondary N) is 2. The molecule has 0 spiro atoms. The molecule has 40 heavy (non-hydrogen) atoms. The summed E-state index contributed by atoms with van der Waals surface area (Å²) < 4.78 is 52.0. The van der Waals surface area contributed by atoms with Crippen molar-refractivity contribution in [2.75, 3.05) is 56.9 Å². The molecule has 0 unspecified atom stereocenters. The Hall–Kier alpha value is -4.45. The van der Waals surface area contributed by atoms with Gasteiger partial charge >= 0.3 is 6.36 Å². The number of alkyl halides is 3. The van der Waals surface area contributed by atoms with Crippen molar-refractivity contribution in [2.24, 2.45) is 7.05 Å². The van der Waals surface area contributed by atoms with Crippen LogP contribution in [-0.2, 0) is 7.05 Å². The largest absolute Gasteiger partial charge is 0.573 e. The number of likely N-dealkylation sites (N-methyl/N-ethyl adjacent to an activating group) is 2. The summed E-state index contributed by atoms with van der Waals surface area (Å²) in [6.45, 7) is 4.97. The van der Waals surface area contributed by atoms with E-state index in [1.54, 1.807) is 26.4 Å². The normalized spacial score (nSPS) is 11.5. The predicted octanol–water partition coefficient (Wildman–Crippen LogP) is 5.84. The number of nitrogens with zero attached hydrogens (tertiary/aromatic N) is 5. The van der Waals surface area contributed by atoms with Gasteiger partial charge in [0.1, 0.15) is 5.75 Å². The van der Waals surface area contributed by atoms with E-state index in [9.17, 15) is 13.2 Å². The van der Waals surface area contributed by atoms with Crippen LogP contribution in [0.15, 0.2) is 61.6 Å². The molecule has 12 heteroatoms. The molecule has 0 atom stereocenters. The van der Waals surface area contributed by atoms with Gasteiger partial charge in [0.05, 0.1) is 35.4 Å². The first-order valence-corrected chi connectivity index (χ1v) is 12.4. The number of hydrogen-bond acceptors (Lipinski definition) is 8. The Morgan fingerprint density at radius 3 is 2.52 bits per heavy atom. The lowest BCUT2D eigenvalue weighted by molar-refractivity contribution is -0.274. The molecule has 2 heterocycles. The number of ether oxygens (including phenoxy) is 2. The van der Waals surface area contributed by atoms with Crippen molar-refractivity contribution >= 4 is 33.9 Å². The molecule has 0 aliphatic carbocycles. The molecular formula is C28H32F3N7O2. The third kappa shape index (κ3) is 6.57. The van der Waals surface area contributed by atoms with Gasteiger partial charge in [-0.3, -0.25) is 0 Å². The van der Waals surface area contributed by atoms with Crippen LogP contribution < -0.4 is 25.0 Å². The molecule has 0 amide bonds. The minimum atomic E-state index is -4.91. The van der Waals surface area contributed by atoms with E-state index in [2.05, 4.69) is 31.9 Å². The highest BCUT2D eigenvalue weighted by Crippen LogP contribution is 2.40. The van der Waals surface area contributed by atoms with Crippen molar-refractivity contribution in [1.82, 2.24) is 19.4 Å². The quantitative estimate of drug-likeness (QED) is 0.239. The van der Waals surface area contributed by atoms with Crippen LogP contribution in [0.2, 0.25) is 0 Å². The summed E-state index contributed by atoms with van der Waals surface area (Å²) in [5, 5.41) is 6.87. The van der Waals surface area contributed by atoms with Gasteiger partial charge in [0.25, 0.3) is 0 Å². The lowest BCUT2D eigenvalue weighted by Gasteiger charge is -2.26. The number of methoxy groups -OCH3 is 1. The molecule has 2 N–H and O–H groups in total. The van der Waals surface area contributed by atoms with E-state index in [4.69, 9.17) is 4.74 Å². The minimum Gasteiger partial charge on any atom is -0.497 e. The van der Waals surface area contributed by atoms with Crippen LogP contribution >= 0.6 is 0 Å². The van der Waals surface area contributed by atoms with Gasteiger partial charge in [-0.2, -0.15) is 0 Å². The lowest BCUT2D eigenvalue weighted by Crippen LogP contribution is -2.29. The van der Waals surface area contributed by atoms with Crippen molar-refractivity contribution in [1.29, 1.82) is 0 Å². The topological polar surface area (TPSA) is 79.7 Å². The van der Waals surface area contributed by atoms with Crippen LogP contribution in [0.3, 0.4) is 0 Å². The number of anilines is 4. The Morgan fingerprint density at radius 1 is 1.07 bits per heavy atom. The van der Waals surface area contributed by atoms with Crippen molar-refractivity contribution < 1.29 is 22.6 Å². The molecule has 0 aliphatic rings. The van der Waals surface area contributed by atoms with E-state index in [1.807, 2.05) is 59.9 Å². The zero-order chi connectivity index (χ0) is 29.0. The third-order valence-corrected chi connectivity index (χ3v) is 6.25. The Kier molecular flexibility index (Phi) is 8.38. The lowest BCUT2D eigenvalue weighted by atomic mass is 10.1. The first-order valence-electron chi connectivity index (χ1n) is 12.4. The van der Waals surface area contributed by atoms with Gasteiger partial charge in [0.15, 0.2) is 5.75 Å². The molecule has 2 aromatic carbocycles. The summed E-state index contributed by atoms with van der Waals surface area (Å²) in [6, 6.07) is 10.3. The molecule has 0 saturated heterocycles. The molecule has 2 aromatic heterocycles. The van der Waals surface area contributed by atoms with Crippen LogP contribution in [0.5, 0.6) is 11.5 Å². The highest BCUT2D eigenvalue weighted by Gasteiger charge is 2.33. The van der Waals surface area contributed by atoms with Crippen LogP contribution in [0.1, 0.15) is 0 Å². The van der Waals surface area contributed by atoms with Gasteiger partial charge in [-0.05, 0) is 44.6 Å². The number of halogens is 3. The Bertz CT molecular complexity index is 1500. The van der Waals surface area contributed by atoms with E-state index in [0.29, 0.717) is 30.2 Å². The van der Waals surface area contributed by atoms with Crippen molar-refractivity contribution in [3.05, 3.63) is 61.6 Å². The number of aromatic nitrogens is 3. The minimum absolute atomic E-state index is 0.0336. The molecule has 4 rings (SSSR count). The second kappa shape index (κ2) is 11.7. The highest BCUT2D eigenvalue weighted by atomic mass is 19.4. The van der Waals surface area contributed by atoms with Crippen LogP contribution in [-0.4, -0.2) is 67.1 Å². The first-order chi connectivity index (χ1) is 19.0. The van der Waals surface area contributed by atoms with Gasteiger partial charge in [0.2, 0.25) is 5.95 Å². The standard InChI is InChI=1S/C28H32F3N7O2/c1-7-32-22-15-23(26(40-28(29,30)31)16-25(22)37(4)13-12-36(2)3)35-27-33-11-10-21(34-27)20-17-38(5)24-14-18(39-6)8-9-19(20)24/h7-11,14-17,32H,1,12-13H2,2-6H3,(H,33,34,35). The summed E-state index contributed by atoms with van der Waals surface area (Å²) in [6.07, 6.45) is 0.0256. The van der Waals surface area contributed by atoms with E-state index in [1.165, 1.54) is 18.3 Å². The van der Waals surface area contributed by atoms with E-state index >= 15 is 0 Å². The second-order valence-corrected chi connectivity index (χ2v) is 9.41. The molecule has 212 valence electrons. The Morgan fingerprint density at radius 2 is 1.85 bits per heavy atom. The number of benzene rings is 2. The fourth-order valence-corrected chi connectivity index (χ4v) is 4.27. The molecule has 4 aromatic rings. The second-order valence-electron chi connectivity index (χ2n) is 9.41. The van der Waals surface area contributed by atoms with E-state index in [0.717, 1.165) is 22.2 Å².